The highest BCUT2D eigenvalue weighted by Crippen LogP contribution is 2.34. The topological polar surface area (TPSA) is 92.0 Å². The van der Waals surface area contributed by atoms with E-state index in [4.69, 9.17) is 19.2 Å². The second kappa shape index (κ2) is 10.7. The van der Waals surface area contributed by atoms with Gasteiger partial charge in [0.15, 0.2) is 0 Å². The molecule has 3 heterocycles. The molecule has 2 fully saturated rings. The number of nitrogens with zero attached hydrogens (tertiary/aromatic N) is 3. The molecule has 0 atom stereocenters. The highest BCUT2D eigenvalue weighted by atomic mass is 16.5. The zero-order chi connectivity index (χ0) is 25.9. The number of carbonyl (C=O) groups is 1. The molecule has 3 aromatic carbocycles. The normalized spacial score (nSPS) is 16.0. The summed E-state index contributed by atoms with van der Waals surface area (Å²) in [6.07, 6.45) is 0. The van der Waals surface area contributed by atoms with Gasteiger partial charge in [-0.25, -0.2) is 4.98 Å². The van der Waals surface area contributed by atoms with Crippen molar-refractivity contribution in [1.29, 1.82) is 0 Å². The Labute approximate surface area is 221 Å². The average Bonchev–Trinajstić information content (AvgIpc) is 3.41. The number of H-pyrrole nitrogens is 1. The van der Waals surface area contributed by atoms with Crippen LogP contribution >= 0.6 is 0 Å². The van der Waals surface area contributed by atoms with Gasteiger partial charge in [0.2, 0.25) is 0 Å². The number of hydrogen-bond donors (Lipinski definition) is 2. The molecule has 4 aromatic rings. The maximum absolute atomic E-state index is 12.9. The molecule has 2 N–H and O–H groups in total. The van der Waals surface area contributed by atoms with E-state index in [1.807, 2.05) is 54.6 Å². The van der Waals surface area contributed by atoms with Gasteiger partial charge in [-0.2, -0.15) is 0 Å². The molecule has 196 valence electrons. The first-order valence-corrected chi connectivity index (χ1v) is 12.9. The Hall–Kier alpha value is -4.08. The van der Waals surface area contributed by atoms with Crippen molar-refractivity contribution in [3.63, 3.8) is 0 Å². The van der Waals surface area contributed by atoms with E-state index in [0.717, 1.165) is 86.3 Å². The lowest BCUT2D eigenvalue weighted by Crippen LogP contribution is -2.36. The van der Waals surface area contributed by atoms with Gasteiger partial charge in [-0.15, -0.1) is 0 Å². The number of amides is 1. The van der Waals surface area contributed by atoms with Crippen molar-refractivity contribution in [3.8, 4) is 17.1 Å². The van der Waals surface area contributed by atoms with Gasteiger partial charge in [0.1, 0.15) is 11.6 Å². The number of nitrogens with one attached hydrogen (secondary N) is 2. The van der Waals surface area contributed by atoms with Gasteiger partial charge < -0.3 is 34.3 Å². The van der Waals surface area contributed by atoms with Crippen molar-refractivity contribution in [3.05, 3.63) is 66.2 Å². The van der Waals surface area contributed by atoms with Crippen LogP contribution in [0.15, 0.2) is 60.7 Å². The molecule has 1 aromatic heterocycles. The molecule has 2 saturated heterocycles. The van der Waals surface area contributed by atoms with Gasteiger partial charge in [0.05, 0.1) is 50.1 Å². The number of aromatic nitrogens is 2. The van der Waals surface area contributed by atoms with Crippen molar-refractivity contribution >= 4 is 34.0 Å². The SMILES string of the molecule is COc1cc(N2CCOCC2)ccc1-c1nc2cc(NC(=O)c3ccc(N4CCOCC4)cc3)ccc2[nH]1. The summed E-state index contributed by atoms with van der Waals surface area (Å²) in [6.45, 7) is 6.36. The molecule has 0 aliphatic carbocycles. The summed E-state index contributed by atoms with van der Waals surface area (Å²) in [6, 6.07) is 19.5. The number of fused-ring (bicyclic) bond motifs is 1. The standard InChI is InChI=1S/C29H31N5O4/c1-36-27-19-23(34-12-16-38-17-13-34)7-8-24(27)28-31-25-9-4-21(18-26(25)32-28)30-29(35)20-2-5-22(6-3-20)33-10-14-37-15-11-33/h2-9,18-19H,10-17H2,1H3,(H,30,35)(H,31,32). The maximum atomic E-state index is 12.9. The van der Waals surface area contributed by atoms with E-state index >= 15 is 0 Å². The summed E-state index contributed by atoms with van der Waals surface area (Å²) in [5, 5.41) is 3.00. The molecule has 0 unspecified atom stereocenters. The van der Waals surface area contributed by atoms with Crippen LogP contribution in [0, 0.1) is 0 Å². The Morgan fingerprint density at radius 3 is 2.21 bits per heavy atom. The average molecular weight is 514 g/mol. The number of rotatable bonds is 6. The summed E-state index contributed by atoms with van der Waals surface area (Å²) < 4.78 is 16.6. The number of imidazole rings is 1. The van der Waals surface area contributed by atoms with E-state index in [-0.39, 0.29) is 5.91 Å². The molecule has 0 radical (unpaired) electrons. The van der Waals surface area contributed by atoms with Crippen molar-refractivity contribution in [2.24, 2.45) is 0 Å². The van der Waals surface area contributed by atoms with Crippen LogP contribution in [-0.4, -0.2) is 75.6 Å². The minimum atomic E-state index is -0.158. The third-order valence-corrected chi connectivity index (χ3v) is 7.06. The second-order valence-electron chi connectivity index (χ2n) is 9.40. The third kappa shape index (κ3) is 5.03. The predicted octanol–water partition coefficient (Wildman–Crippen LogP) is 4.16. The van der Waals surface area contributed by atoms with Crippen molar-refractivity contribution in [2.45, 2.75) is 0 Å². The second-order valence-corrected chi connectivity index (χ2v) is 9.40. The van der Waals surface area contributed by atoms with Crippen molar-refractivity contribution in [1.82, 2.24) is 9.97 Å². The lowest BCUT2D eigenvalue weighted by Gasteiger charge is -2.29. The van der Waals surface area contributed by atoms with E-state index in [0.29, 0.717) is 17.1 Å². The van der Waals surface area contributed by atoms with Gasteiger partial charge in [-0.1, -0.05) is 0 Å². The molecule has 6 rings (SSSR count). The predicted molar refractivity (Wildman–Crippen MR) is 149 cm³/mol. The Balaban J connectivity index is 1.18. The molecular formula is C29H31N5O4. The number of hydrogen-bond acceptors (Lipinski definition) is 7. The quantitative estimate of drug-likeness (QED) is 0.400. The molecule has 9 nitrogen and oxygen atoms in total. The zero-order valence-corrected chi connectivity index (χ0v) is 21.4. The minimum Gasteiger partial charge on any atom is -0.496 e. The molecule has 0 bridgehead atoms. The summed E-state index contributed by atoms with van der Waals surface area (Å²) in [5.41, 5.74) is 6.03. The molecule has 1 amide bonds. The molecule has 2 aliphatic rings. The zero-order valence-electron chi connectivity index (χ0n) is 21.4. The summed E-state index contributed by atoms with van der Waals surface area (Å²) >= 11 is 0. The summed E-state index contributed by atoms with van der Waals surface area (Å²) in [4.78, 5) is 25.6. The lowest BCUT2D eigenvalue weighted by molar-refractivity contribution is 0.102. The van der Waals surface area contributed by atoms with E-state index in [1.165, 1.54) is 0 Å². The molecule has 9 heteroatoms. The van der Waals surface area contributed by atoms with Crippen LogP contribution in [0.3, 0.4) is 0 Å². The molecule has 0 spiro atoms. The Bertz CT molecular complexity index is 1420. The number of methoxy groups -OCH3 is 1. The van der Waals surface area contributed by atoms with Gasteiger partial charge in [0.25, 0.3) is 5.91 Å². The number of aromatic amines is 1. The highest BCUT2D eigenvalue weighted by molar-refractivity contribution is 6.05. The van der Waals surface area contributed by atoms with Crippen molar-refractivity contribution in [2.75, 3.05) is 74.8 Å². The lowest BCUT2D eigenvalue weighted by atomic mass is 10.1. The van der Waals surface area contributed by atoms with E-state index in [9.17, 15) is 4.79 Å². The van der Waals surface area contributed by atoms with Crippen LogP contribution in [0.2, 0.25) is 0 Å². The fraction of sp³-hybridized carbons (Fsp3) is 0.310. The van der Waals surface area contributed by atoms with Crippen LogP contribution in [0.5, 0.6) is 5.75 Å². The maximum Gasteiger partial charge on any atom is 0.255 e. The van der Waals surface area contributed by atoms with Crippen molar-refractivity contribution < 1.29 is 19.0 Å². The Morgan fingerprint density at radius 2 is 1.53 bits per heavy atom. The fourth-order valence-corrected chi connectivity index (χ4v) is 4.95. The third-order valence-electron chi connectivity index (χ3n) is 7.06. The first-order valence-electron chi connectivity index (χ1n) is 12.9. The number of carbonyl (C=O) groups excluding carboxylic acids is 1. The summed E-state index contributed by atoms with van der Waals surface area (Å²) in [7, 11) is 1.67. The molecule has 2 aliphatic heterocycles. The van der Waals surface area contributed by atoms with Gasteiger partial charge >= 0.3 is 0 Å². The Morgan fingerprint density at radius 1 is 0.868 bits per heavy atom. The summed E-state index contributed by atoms with van der Waals surface area (Å²) in [5.74, 6) is 1.31. The van der Waals surface area contributed by atoms with Crippen LogP contribution in [-0.2, 0) is 9.47 Å². The monoisotopic (exact) mass is 513 g/mol. The van der Waals surface area contributed by atoms with Crippen LogP contribution in [0.4, 0.5) is 17.1 Å². The Kier molecular flexibility index (Phi) is 6.85. The van der Waals surface area contributed by atoms with Gasteiger partial charge in [-0.3, -0.25) is 4.79 Å². The van der Waals surface area contributed by atoms with E-state index in [2.05, 4.69) is 26.2 Å². The fourth-order valence-electron chi connectivity index (χ4n) is 4.95. The first kappa shape index (κ1) is 24.3. The highest BCUT2D eigenvalue weighted by Gasteiger charge is 2.17. The van der Waals surface area contributed by atoms with E-state index < -0.39 is 0 Å². The van der Waals surface area contributed by atoms with Crippen LogP contribution in [0.25, 0.3) is 22.4 Å². The number of morpholine rings is 2. The van der Waals surface area contributed by atoms with Gasteiger partial charge in [-0.05, 0) is 54.6 Å². The van der Waals surface area contributed by atoms with Crippen LogP contribution < -0.4 is 19.9 Å². The minimum absolute atomic E-state index is 0.158. The largest absolute Gasteiger partial charge is 0.496 e. The smallest absolute Gasteiger partial charge is 0.255 e. The number of ether oxygens (including phenoxy) is 3. The van der Waals surface area contributed by atoms with Crippen LogP contribution in [0.1, 0.15) is 10.4 Å². The number of anilines is 3. The number of benzene rings is 3. The van der Waals surface area contributed by atoms with Gasteiger partial charge in [0, 0.05) is 54.9 Å². The molecule has 38 heavy (non-hydrogen) atoms. The molecular weight excluding hydrogens is 482 g/mol. The molecule has 0 saturated carbocycles. The van der Waals surface area contributed by atoms with E-state index in [1.54, 1.807) is 7.11 Å². The first-order chi connectivity index (χ1) is 18.7.